The van der Waals surface area contributed by atoms with E-state index in [2.05, 4.69) is 24.3 Å². The van der Waals surface area contributed by atoms with Crippen molar-refractivity contribution in [3.05, 3.63) is 161 Å². The molecule has 5 aromatic rings. The lowest BCUT2D eigenvalue weighted by molar-refractivity contribution is 0.0785. The van der Waals surface area contributed by atoms with Crippen LogP contribution in [0.25, 0.3) is 17.2 Å². The molecule has 8 nitrogen and oxygen atoms in total. The van der Waals surface area contributed by atoms with E-state index in [-0.39, 0.29) is 24.2 Å². The van der Waals surface area contributed by atoms with Gasteiger partial charge in [0.25, 0.3) is 5.91 Å². The van der Waals surface area contributed by atoms with Crippen LogP contribution in [0.3, 0.4) is 0 Å². The van der Waals surface area contributed by atoms with E-state index >= 15 is 0 Å². The molecule has 0 spiro atoms. The fourth-order valence-corrected chi connectivity index (χ4v) is 5.93. The fourth-order valence-electron chi connectivity index (χ4n) is 5.93. The number of rotatable bonds is 12. The van der Waals surface area contributed by atoms with Crippen LogP contribution in [0.4, 0.5) is 10.5 Å². The number of amides is 3. The number of carbonyl (C=O) groups is 2. The number of nitrogens with two attached hydrogens (primary N) is 1. The van der Waals surface area contributed by atoms with Crippen molar-refractivity contribution in [1.29, 1.82) is 0 Å². The van der Waals surface area contributed by atoms with Crippen molar-refractivity contribution >= 4 is 29.4 Å². The molecule has 0 radical (unpaired) electrons. The van der Waals surface area contributed by atoms with Gasteiger partial charge in [-0.1, -0.05) is 103 Å². The van der Waals surface area contributed by atoms with E-state index in [0.29, 0.717) is 43.0 Å². The number of hydrazone groups is 1. The van der Waals surface area contributed by atoms with Crippen LogP contribution in [0, 0.1) is 0 Å². The first-order valence-corrected chi connectivity index (χ1v) is 16.8. The maximum atomic E-state index is 14.5. The molecule has 6 rings (SSSR count). The van der Waals surface area contributed by atoms with Crippen molar-refractivity contribution in [2.75, 3.05) is 25.0 Å². The summed E-state index contributed by atoms with van der Waals surface area (Å²) < 4.78 is 0. The standard InChI is InChI=1S/C42H41N5O3/c1-45(29-32-10-4-2-5-11-32)41(49)36-21-24-38-39(25-18-31-16-22-37(48)23-17-31)44-47(27-9-8-26-43)42(50)46(40(38)28-36)30-33-14-19-35(20-15-33)34-12-6-3-7-13-34/h2-7,10-25,28,48H,8-9,26-27,29-30,43H2,1H3/b25-18+. The van der Waals surface area contributed by atoms with Gasteiger partial charge < -0.3 is 15.7 Å². The molecule has 0 aliphatic carbocycles. The molecule has 0 aromatic heterocycles. The van der Waals surface area contributed by atoms with Gasteiger partial charge in [0.05, 0.1) is 17.9 Å². The lowest BCUT2D eigenvalue weighted by Gasteiger charge is -2.27. The van der Waals surface area contributed by atoms with Crippen molar-refractivity contribution in [1.82, 2.24) is 9.91 Å². The van der Waals surface area contributed by atoms with Crippen LogP contribution in [0.15, 0.2) is 139 Å². The van der Waals surface area contributed by atoms with E-state index in [1.165, 1.54) is 5.01 Å². The van der Waals surface area contributed by atoms with Crippen LogP contribution >= 0.6 is 0 Å². The predicted molar refractivity (Wildman–Crippen MR) is 201 cm³/mol. The van der Waals surface area contributed by atoms with Gasteiger partial charge in [0.15, 0.2) is 0 Å². The van der Waals surface area contributed by atoms with Gasteiger partial charge >= 0.3 is 6.03 Å². The van der Waals surface area contributed by atoms with Crippen LogP contribution in [0.1, 0.15) is 45.5 Å². The Kier molecular flexibility index (Phi) is 10.8. The Morgan fingerprint density at radius 1 is 0.800 bits per heavy atom. The van der Waals surface area contributed by atoms with Gasteiger partial charge in [-0.2, -0.15) is 5.10 Å². The molecule has 8 heteroatoms. The number of nitrogens with zero attached hydrogens (tertiary/aromatic N) is 4. The van der Waals surface area contributed by atoms with Crippen LogP contribution in [-0.2, 0) is 13.1 Å². The summed E-state index contributed by atoms with van der Waals surface area (Å²) in [5.41, 5.74) is 13.2. The molecule has 0 unspecified atom stereocenters. The van der Waals surface area contributed by atoms with Gasteiger partial charge in [-0.25, -0.2) is 9.80 Å². The van der Waals surface area contributed by atoms with Gasteiger partial charge in [-0.15, -0.1) is 0 Å². The molecule has 1 aliphatic rings. The quantitative estimate of drug-likeness (QED) is 0.132. The van der Waals surface area contributed by atoms with Crippen LogP contribution in [0.5, 0.6) is 5.75 Å². The third kappa shape index (κ3) is 8.17. The van der Waals surface area contributed by atoms with Gasteiger partial charge in [0.2, 0.25) is 0 Å². The smallest absolute Gasteiger partial charge is 0.345 e. The van der Waals surface area contributed by atoms with E-state index in [9.17, 15) is 14.7 Å². The third-order valence-electron chi connectivity index (χ3n) is 8.65. The molecule has 1 aliphatic heterocycles. The molecule has 50 heavy (non-hydrogen) atoms. The minimum absolute atomic E-state index is 0.154. The van der Waals surface area contributed by atoms with Crippen LogP contribution in [0.2, 0.25) is 0 Å². The molecule has 0 fully saturated rings. The Hall–Kier alpha value is -5.99. The number of allylic oxidation sites excluding steroid dienone is 1. The summed E-state index contributed by atoms with van der Waals surface area (Å²) in [7, 11) is 1.78. The molecule has 3 N–H and O–H groups in total. The second-order valence-corrected chi connectivity index (χ2v) is 12.3. The summed E-state index contributed by atoms with van der Waals surface area (Å²) in [5, 5.41) is 16.2. The first kappa shape index (κ1) is 33.9. The second kappa shape index (κ2) is 15.9. The van der Waals surface area contributed by atoms with E-state index in [1.807, 2.05) is 97.1 Å². The average Bonchev–Trinajstić information content (AvgIpc) is 3.25. The first-order valence-electron chi connectivity index (χ1n) is 16.8. The molecule has 0 atom stereocenters. The topological polar surface area (TPSA) is 102 Å². The molecule has 1 heterocycles. The van der Waals surface area contributed by atoms with E-state index in [1.54, 1.807) is 35.0 Å². The number of unbranched alkanes of at least 4 members (excludes halogenated alkanes) is 1. The molecule has 252 valence electrons. The SMILES string of the molecule is CN(Cc1ccccc1)C(=O)c1ccc2c(c1)N(Cc1ccc(-c3ccccc3)cc1)C(=O)N(CCCCN)N=C2/C=C/c1ccc(O)cc1. The number of hydrogen-bond acceptors (Lipinski definition) is 5. The molecule has 0 bridgehead atoms. The van der Waals surface area contributed by atoms with Crippen molar-refractivity contribution in [2.45, 2.75) is 25.9 Å². The maximum absolute atomic E-state index is 14.5. The highest BCUT2D eigenvalue weighted by molar-refractivity contribution is 6.17. The van der Waals surface area contributed by atoms with Crippen molar-refractivity contribution in [3.63, 3.8) is 0 Å². The zero-order chi connectivity index (χ0) is 34.9. The van der Waals surface area contributed by atoms with Gasteiger partial charge in [-0.05, 0) is 83.6 Å². The van der Waals surface area contributed by atoms with Gasteiger partial charge in [0.1, 0.15) is 5.75 Å². The molecule has 0 saturated carbocycles. The lowest BCUT2D eigenvalue weighted by atomic mass is 10.0. The number of phenols is 1. The normalized spacial score (nSPS) is 12.8. The summed E-state index contributed by atoms with van der Waals surface area (Å²) >= 11 is 0. The monoisotopic (exact) mass is 663 g/mol. The van der Waals surface area contributed by atoms with Crippen LogP contribution < -0.4 is 10.6 Å². The Labute approximate surface area is 293 Å². The summed E-state index contributed by atoms with van der Waals surface area (Å²) in [6.45, 7) is 1.62. The number of hydrogen-bond donors (Lipinski definition) is 2. The van der Waals surface area contributed by atoms with Crippen molar-refractivity contribution < 1.29 is 14.7 Å². The largest absolute Gasteiger partial charge is 0.508 e. The van der Waals surface area contributed by atoms with Gasteiger partial charge in [0, 0.05) is 31.3 Å². The first-order chi connectivity index (χ1) is 24.4. The summed E-state index contributed by atoms with van der Waals surface area (Å²) in [6, 6.07) is 40.3. The number of benzene rings is 5. The summed E-state index contributed by atoms with van der Waals surface area (Å²) in [6.07, 6.45) is 5.20. The number of phenolic OH excluding ortho intramolecular Hbond substituents is 1. The molecule has 3 amide bonds. The average molecular weight is 664 g/mol. The van der Waals surface area contributed by atoms with Gasteiger partial charge in [-0.3, -0.25) is 9.69 Å². The summed E-state index contributed by atoms with van der Waals surface area (Å²) in [5.74, 6) is 0.0243. The maximum Gasteiger partial charge on any atom is 0.345 e. The second-order valence-electron chi connectivity index (χ2n) is 12.3. The van der Waals surface area contributed by atoms with Crippen molar-refractivity contribution in [3.8, 4) is 16.9 Å². The number of carbonyl (C=O) groups excluding carboxylic acids is 2. The predicted octanol–water partition coefficient (Wildman–Crippen LogP) is 7.93. The number of fused-ring (bicyclic) bond motifs is 1. The Morgan fingerprint density at radius 2 is 1.48 bits per heavy atom. The molecule has 5 aromatic carbocycles. The van der Waals surface area contributed by atoms with Crippen LogP contribution in [-0.4, -0.2) is 52.8 Å². The van der Waals surface area contributed by atoms with E-state index in [0.717, 1.165) is 39.8 Å². The lowest BCUT2D eigenvalue weighted by Crippen LogP contribution is -2.40. The number of urea groups is 1. The Balaban J connectivity index is 1.40. The minimum Gasteiger partial charge on any atom is -0.508 e. The summed E-state index contributed by atoms with van der Waals surface area (Å²) in [4.78, 5) is 31.7. The Bertz CT molecular complexity index is 1970. The zero-order valence-electron chi connectivity index (χ0n) is 28.2. The molecular weight excluding hydrogens is 622 g/mol. The Morgan fingerprint density at radius 3 is 2.18 bits per heavy atom. The highest BCUT2D eigenvalue weighted by atomic mass is 16.3. The highest BCUT2D eigenvalue weighted by Gasteiger charge is 2.30. The minimum atomic E-state index is -0.286. The third-order valence-corrected chi connectivity index (χ3v) is 8.65. The van der Waals surface area contributed by atoms with Crippen molar-refractivity contribution in [2.24, 2.45) is 10.8 Å². The zero-order valence-corrected chi connectivity index (χ0v) is 28.2. The number of anilines is 1. The van der Waals surface area contributed by atoms with E-state index in [4.69, 9.17) is 10.8 Å². The fraction of sp³-hybridized carbons (Fsp3) is 0.167. The molecular formula is C42H41N5O3. The number of aromatic hydroxyl groups is 1. The van der Waals surface area contributed by atoms with E-state index < -0.39 is 0 Å². The molecule has 0 saturated heterocycles. The highest BCUT2D eigenvalue weighted by Crippen LogP contribution is 2.31.